The van der Waals surface area contributed by atoms with Crippen molar-refractivity contribution in [2.75, 3.05) is 38.6 Å². The van der Waals surface area contributed by atoms with Crippen molar-refractivity contribution < 1.29 is 4.74 Å². The van der Waals surface area contributed by atoms with E-state index in [0.29, 0.717) is 0 Å². The van der Waals surface area contributed by atoms with E-state index in [2.05, 4.69) is 45.0 Å². The van der Waals surface area contributed by atoms with Crippen LogP contribution in [-0.4, -0.2) is 44.2 Å². The van der Waals surface area contributed by atoms with Crippen LogP contribution in [0.25, 0.3) is 0 Å². The Kier molecular flexibility index (Phi) is 12.8. The second kappa shape index (κ2) is 15.0. The quantitative estimate of drug-likeness (QED) is 0.191. The maximum atomic E-state index is 5.19. The second-order valence-electron chi connectivity index (χ2n) is 6.13. The fraction of sp³-hybridized carbons (Fsp3) is 0.429. The minimum absolute atomic E-state index is 0. The Balaban J connectivity index is 0.00000392. The first kappa shape index (κ1) is 24.0. The fourth-order valence-electron chi connectivity index (χ4n) is 2.57. The lowest BCUT2D eigenvalue weighted by molar-refractivity contribution is 0.414. The lowest BCUT2D eigenvalue weighted by atomic mass is 10.1. The lowest BCUT2D eigenvalue weighted by Crippen LogP contribution is -2.38. The molecule has 0 fully saturated rings. The van der Waals surface area contributed by atoms with Gasteiger partial charge in [-0.3, -0.25) is 4.99 Å². The highest BCUT2D eigenvalue weighted by Crippen LogP contribution is 2.11. The monoisotopic (exact) mass is 497 g/mol. The Hall–Kier alpha value is -2.03. The summed E-state index contributed by atoms with van der Waals surface area (Å²) in [6, 6.07) is 14.1. The smallest absolute Gasteiger partial charge is 0.191 e. The van der Waals surface area contributed by atoms with Gasteiger partial charge in [0.05, 0.1) is 7.11 Å². The third-order valence-electron chi connectivity index (χ3n) is 4.04. The second-order valence-corrected chi connectivity index (χ2v) is 6.13. The van der Waals surface area contributed by atoms with Crippen molar-refractivity contribution in [1.29, 1.82) is 0 Å². The van der Waals surface area contributed by atoms with Gasteiger partial charge < -0.3 is 20.7 Å². The van der Waals surface area contributed by atoms with Crippen molar-refractivity contribution in [1.82, 2.24) is 15.6 Å². The van der Waals surface area contributed by atoms with Gasteiger partial charge in [0.25, 0.3) is 0 Å². The van der Waals surface area contributed by atoms with Gasteiger partial charge in [0.15, 0.2) is 5.96 Å². The van der Waals surface area contributed by atoms with Gasteiger partial charge in [-0.1, -0.05) is 18.2 Å². The number of nitrogens with one attached hydrogen (secondary N) is 3. The number of nitrogens with zero attached hydrogens (tertiary/aromatic N) is 2. The normalized spacial score (nSPS) is 10.7. The molecule has 6 nitrogen and oxygen atoms in total. The minimum atomic E-state index is 0. The molecule has 0 spiro atoms. The first-order chi connectivity index (χ1) is 13.3. The zero-order chi connectivity index (χ0) is 19.2. The number of hydrogen-bond acceptors (Lipinski definition) is 4. The van der Waals surface area contributed by atoms with Crippen LogP contribution in [0.1, 0.15) is 25.3 Å². The van der Waals surface area contributed by atoms with E-state index in [1.807, 2.05) is 30.3 Å². The van der Waals surface area contributed by atoms with Gasteiger partial charge in [-0.05, 0) is 56.0 Å². The first-order valence-corrected chi connectivity index (χ1v) is 9.62. The third kappa shape index (κ3) is 9.77. The Bertz CT molecular complexity index is 664. The molecule has 1 aromatic heterocycles. The van der Waals surface area contributed by atoms with E-state index in [-0.39, 0.29) is 24.0 Å². The average molecular weight is 497 g/mol. The number of aromatic nitrogens is 1. The number of hydrogen-bond donors (Lipinski definition) is 3. The molecule has 0 bridgehead atoms. The van der Waals surface area contributed by atoms with Crippen LogP contribution < -0.4 is 20.7 Å². The van der Waals surface area contributed by atoms with Crippen LogP contribution in [-0.2, 0) is 6.42 Å². The van der Waals surface area contributed by atoms with Gasteiger partial charge in [0.1, 0.15) is 11.6 Å². The highest BCUT2D eigenvalue weighted by atomic mass is 127. The van der Waals surface area contributed by atoms with Gasteiger partial charge in [-0.25, -0.2) is 4.98 Å². The molecule has 0 amide bonds. The molecule has 28 heavy (non-hydrogen) atoms. The van der Waals surface area contributed by atoms with Gasteiger partial charge in [0, 0.05) is 32.4 Å². The predicted octanol–water partition coefficient (Wildman–Crippen LogP) is 3.70. The number of pyridine rings is 1. The van der Waals surface area contributed by atoms with Crippen LogP contribution in [0, 0.1) is 0 Å². The van der Waals surface area contributed by atoms with Crippen molar-refractivity contribution in [3.8, 4) is 5.75 Å². The topological polar surface area (TPSA) is 70.6 Å². The van der Waals surface area contributed by atoms with Crippen molar-refractivity contribution in [3.05, 3.63) is 54.2 Å². The maximum Gasteiger partial charge on any atom is 0.191 e. The van der Waals surface area contributed by atoms with E-state index in [9.17, 15) is 0 Å². The largest absolute Gasteiger partial charge is 0.497 e. The molecule has 0 saturated carbocycles. The number of methoxy groups -OCH3 is 1. The summed E-state index contributed by atoms with van der Waals surface area (Å²) in [6.07, 6.45) is 4.84. The molecule has 0 saturated heterocycles. The van der Waals surface area contributed by atoms with Crippen LogP contribution in [0.15, 0.2) is 53.7 Å². The summed E-state index contributed by atoms with van der Waals surface area (Å²) in [5.41, 5.74) is 1.28. The predicted molar refractivity (Wildman–Crippen MR) is 128 cm³/mol. The number of aliphatic imine (C=N–C) groups is 1. The summed E-state index contributed by atoms with van der Waals surface area (Å²) >= 11 is 0. The summed E-state index contributed by atoms with van der Waals surface area (Å²) < 4.78 is 5.19. The van der Waals surface area contributed by atoms with Gasteiger partial charge in [-0.15, -0.1) is 24.0 Å². The van der Waals surface area contributed by atoms with E-state index in [1.54, 1.807) is 13.3 Å². The minimum Gasteiger partial charge on any atom is -0.497 e. The molecule has 7 heteroatoms. The van der Waals surface area contributed by atoms with Gasteiger partial charge in [0.2, 0.25) is 0 Å². The highest BCUT2D eigenvalue weighted by Gasteiger charge is 1.99. The summed E-state index contributed by atoms with van der Waals surface area (Å²) in [6.45, 7) is 5.50. The molecule has 0 atom stereocenters. The number of unbranched alkanes of at least 4 members (excludes halogenated alkanes) is 1. The number of rotatable bonds is 11. The summed E-state index contributed by atoms with van der Waals surface area (Å²) in [5, 5.41) is 10.0. The van der Waals surface area contributed by atoms with Crippen molar-refractivity contribution in [2.45, 2.75) is 26.2 Å². The third-order valence-corrected chi connectivity index (χ3v) is 4.04. The van der Waals surface area contributed by atoms with Gasteiger partial charge in [-0.2, -0.15) is 0 Å². The van der Waals surface area contributed by atoms with Crippen LogP contribution in [0.2, 0.25) is 0 Å². The Labute approximate surface area is 185 Å². The van der Waals surface area contributed by atoms with Crippen LogP contribution in [0.4, 0.5) is 5.82 Å². The first-order valence-electron chi connectivity index (χ1n) is 9.62. The average Bonchev–Trinajstić information content (AvgIpc) is 2.71. The Morgan fingerprint density at radius 2 is 1.86 bits per heavy atom. The zero-order valence-corrected chi connectivity index (χ0v) is 19.1. The summed E-state index contributed by atoms with van der Waals surface area (Å²) in [7, 11) is 1.68. The van der Waals surface area contributed by atoms with Crippen LogP contribution in [0.3, 0.4) is 0 Å². The highest BCUT2D eigenvalue weighted by molar-refractivity contribution is 14.0. The number of guanidine groups is 1. The van der Waals surface area contributed by atoms with Gasteiger partial charge >= 0.3 is 0 Å². The molecule has 154 valence electrons. The zero-order valence-electron chi connectivity index (χ0n) is 16.8. The van der Waals surface area contributed by atoms with Crippen molar-refractivity contribution in [3.63, 3.8) is 0 Å². The SMILES string of the molecule is CCNC(=NCCCCNc1ccccn1)NCCc1ccc(OC)cc1.I. The Morgan fingerprint density at radius 3 is 2.54 bits per heavy atom. The van der Waals surface area contributed by atoms with E-state index in [1.165, 1.54) is 5.56 Å². The lowest BCUT2D eigenvalue weighted by Gasteiger charge is -2.11. The molecular weight excluding hydrogens is 465 g/mol. The molecule has 1 heterocycles. The molecule has 0 unspecified atom stereocenters. The standard InChI is InChI=1S/C21H31N5O.HI/c1-3-22-21(26-17-13-18-9-11-19(27-2)12-10-18)25-16-7-6-15-24-20-8-4-5-14-23-20;/h4-5,8-12,14H,3,6-7,13,15-17H2,1-2H3,(H,23,24)(H2,22,25,26);1H. The molecule has 3 N–H and O–H groups in total. The molecule has 0 aliphatic rings. The molecule has 2 aromatic rings. The van der Waals surface area contributed by atoms with E-state index in [4.69, 9.17) is 4.74 Å². The molecule has 0 aliphatic heterocycles. The van der Waals surface area contributed by atoms with E-state index >= 15 is 0 Å². The number of anilines is 1. The fourth-order valence-corrected chi connectivity index (χ4v) is 2.57. The maximum absolute atomic E-state index is 5.19. The summed E-state index contributed by atoms with van der Waals surface area (Å²) in [4.78, 5) is 8.90. The van der Waals surface area contributed by atoms with Crippen LogP contribution >= 0.6 is 24.0 Å². The Morgan fingerprint density at radius 1 is 1.04 bits per heavy atom. The van der Waals surface area contributed by atoms with Crippen LogP contribution in [0.5, 0.6) is 5.75 Å². The molecule has 1 aromatic carbocycles. The van der Waals surface area contributed by atoms with E-state index < -0.39 is 0 Å². The molecular formula is C21H32IN5O. The number of halogens is 1. The van der Waals surface area contributed by atoms with E-state index in [0.717, 1.165) is 63.0 Å². The molecule has 2 rings (SSSR count). The molecule has 0 aliphatic carbocycles. The summed E-state index contributed by atoms with van der Waals surface area (Å²) in [5.74, 6) is 2.69. The van der Waals surface area contributed by atoms with Crippen molar-refractivity contribution >= 4 is 35.8 Å². The van der Waals surface area contributed by atoms with Crippen molar-refractivity contribution in [2.24, 2.45) is 4.99 Å². The number of benzene rings is 1. The molecule has 0 radical (unpaired) electrons. The number of ether oxygens (including phenoxy) is 1.